The summed E-state index contributed by atoms with van der Waals surface area (Å²) in [5, 5.41) is 11.8. The molecule has 0 aliphatic carbocycles. The summed E-state index contributed by atoms with van der Waals surface area (Å²) in [5.41, 5.74) is 0. The van der Waals surface area contributed by atoms with Crippen molar-refractivity contribution in [1.29, 1.82) is 0 Å². The van der Waals surface area contributed by atoms with Gasteiger partial charge in [0.2, 0.25) is 0 Å². The number of carbonyl (C=O) groups is 1. The fraction of sp³-hybridized carbons (Fsp3) is 0.889. The first-order valence-corrected chi connectivity index (χ1v) is 5.82. The maximum absolute atomic E-state index is 10.7. The highest BCUT2D eigenvalue weighted by Crippen LogP contribution is 2.02. The first-order chi connectivity index (χ1) is 6.61. The molecular formula is C9H19NO3S. The van der Waals surface area contributed by atoms with Crippen LogP contribution in [0.25, 0.3) is 0 Å². The Bertz CT molecular complexity index is 166. The van der Waals surface area contributed by atoms with Gasteiger partial charge in [-0.1, -0.05) is 6.92 Å². The first kappa shape index (κ1) is 13.7. The highest BCUT2D eigenvalue weighted by Gasteiger charge is 2.18. The van der Waals surface area contributed by atoms with E-state index in [2.05, 4.69) is 12.2 Å². The number of nitrogens with one attached hydrogen (secondary N) is 1. The molecule has 0 amide bonds. The molecule has 0 aromatic heterocycles. The predicted molar refractivity (Wildman–Crippen MR) is 58.9 cm³/mol. The molecule has 5 heteroatoms. The van der Waals surface area contributed by atoms with Crippen LogP contribution in [0.2, 0.25) is 0 Å². The fourth-order valence-electron chi connectivity index (χ4n) is 1.04. The van der Waals surface area contributed by atoms with Crippen LogP contribution in [0.1, 0.15) is 13.8 Å². The lowest BCUT2D eigenvalue weighted by Gasteiger charge is -2.18. The Morgan fingerprint density at radius 2 is 2.29 bits per heavy atom. The maximum atomic E-state index is 10.7. The van der Waals surface area contributed by atoms with Gasteiger partial charge in [0.25, 0.3) is 0 Å². The fourth-order valence-corrected chi connectivity index (χ4v) is 1.73. The Morgan fingerprint density at radius 1 is 1.64 bits per heavy atom. The molecule has 0 fully saturated rings. The third kappa shape index (κ3) is 6.23. The molecule has 0 aromatic carbocycles. The smallest absolute Gasteiger partial charge is 0.323 e. The Kier molecular flexibility index (Phi) is 7.93. The summed E-state index contributed by atoms with van der Waals surface area (Å²) in [6, 6.07) is -0.413. The summed E-state index contributed by atoms with van der Waals surface area (Å²) in [6.45, 7) is 4.27. The monoisotopic (exact) mass is 221 g/mol. The zero-order chi connectivity index (χ0) is 11.0. The summed E-state index contributed by atoms with van der Waals surface area (Å²) in [6.07, 6.45) is 0. The lowest BCUT2D eigenvalue weighted by Crippen LogP contribution is -2.45. The highest BCUT2D eigenvalue weighted by atomic mass is 32.2. The quantitative estimate of drug-likeness (QED) is 0.635. The van der Waals surface area contributed by atoms with Crippen LogP contribution in [-0.2, 0) is 9.53 Å². The second kappa shape index (κ2) is 8.08. The molecule has 2 unspecified atom stereocenters. The molecule has 0 aliphatic heterocycles. The largest absolute Gasteiger partial charge is 0.480 e. The van der Waals surface area contributed by atoms with Gasteiger partial charge >= 0.3 is 5.97 Å². The Labute approximate surface area is 89.4 Å². The second-order valence-corrected chi connectivity index (χ2v) is 4.39. The van der Waals surface area contributed by atoms with E-state index in [1.807, 2.05) is 6.92 Å². The number of ether oxygens (including phenoxy) is 1. The first-order valence-electron chi connectivity index (χ1n) is 4.67. The Morgan fingerprint density at radius 3 is 2.71 bits per heavy atom. The molecule has 0 aliphatic rings. The molecule has 0 saturated heterocycles. The van der Waals surface area contributed by atoms with Gasteiger partial charge in [0, 0.05) is 18.9 Å². The lowest BCUT2D eigenvalue weighted by atomic mass is 10.2. The zero-order valence-electron chi connectivity index (χ0n) is 8.95. The van der Waals surface area contributed by atoms with Crippen molar-refractivity contribution in [3.05, 3.63) is 0 Å². The summed E-state index contributed by atoms with van der Waals surface area (Å²) in [5.74, 6) is 1.11. The number of thioether (sulfide) groups is 1. The van der Waals surface area contributed by atoms with E-state index in [9.17, 15) is 4.79 Å². The van der Waals surface area contributed by atoms with E-state index < -0.39 is 12.0 Å². The van der Waals surface area contributed by atoms with Gasteiger partial charge in [0.05, 0.1) is 6.61 Å². The van der Waals surface area contributed by atoms with Gasteiger partial charge in [-0.2, -0.15) is 11.8 Å². The normalized spacial score (nSPS) is 15.1. The van der Waals surface area contributed by atoms with E-state index in [0.717, 1.165) is 11.5 Å². The van der Waals surface area contributed by atoms with Crippen LogP contribution in [0.15, 0.2) is 0 Å². The molecule has 0 radical (unpaired) electrons. The molecule has 14 heavy (non-hydrogen) atoms. The lowest BCUT2D eigenvalue weighted by molar-refractivity contribution is -0.141. The molecule has 0 bridgehead atoms. The number of carboxylic acid groups (broad SMARTS) is 1. The molecule has 0 aromatic rings. The molecule has 0 rings (SSSR count). The Balaban J connectivity index is 3.83. The van der Waals surface area contributed by atoms with Crippen molar-refractivity contribution in [2.45, 2.75) is 25.9 Å². The number of methoxy groups -OCH3 is 1. The van der Waals surface area contributed by atoms with Crippen molar-refractivity contribution < 1.29 is 14.6 Å². The van der Waals surface area contributed by atoms with E-state index in [4.69, 9.17) is 9.84 Å². The molecule has 4 nitrogen and oxygen atoms in total. The minimum Gasteiger partial charge on any atom is -0.480 e. The van der Waals surface area contributed by atoms with Gasteiger partial charge in [-0.05, 0) is 12.7 Å². The number of aliphatic carboxylic acids is 1. The van der Waals surface area contributed by atoms with Gasteiger partial charge in [-0.3, -0.25) is 10.1 Å². The average Bonchev–Trinajstić information content (AvgIpc) is 2.14. The van der Waals surface area contributed by atoms with E-state index in [0.29, 0.717) is 0 Å². The standard InChI is InChI=1S/C9H19NO3S/c1-4-14-6-7(2)10-8(5-13-3)9(11)12/h7-8,10H,4-6H2,1-3H3,(H,11,12). The topological polar surface area (TPSA) is 58.6 Å². The summed E-state index contributed by atoms with van der Waals surface area (Å²) in [4.78, 5) is 10.7. The molecule has 0 spiro atoms. The predicted octanol–water partition coefficient (Wildman–Crippen LogP) is 0.817. The molecule has 0 saturated carbocycles. The highest BCUT2D eigenvalue weighted by molar-refractivity contribution is 7.99. The maximum Gasteiger partial charge on any atom is 0.323 e. The van der Waals surface area contributed by atoms with Crippen molar-refractivity contribution in [2.24, 2.45) is 0 Å². The second-order valence-electron chi connectivity index (χ2n) is 3.07. The summed E-state index contributed by atoms with van der Waals surface area (Å²) < 4.78 is 4.82. The van der Waals surface area contributed by atoms with Gasteiger partial charge in [0.15, 0.2) is 0 Å². The van der Waals surface area contributed by atoms with E-state index in [1.54, 1.807) is 11.8 Å². The van der Waals surface area contributed by atoms with Crippen LogP contribution in [-0.4, -0.2) is 48.4 Å². The SMILES string of the molecule is CCSCC(C)NC(COC)C(=O)O. The van der Waals surface area contributed by atoms with Crippen LogP contribution >= 0.6 is 11.8 Å². The van der Waals surface area contributed by atoms with Crippen LogP contribution in [0.5, 0.6) is 0 Å². The molecule has 0 heterocycles. The average molecular weight is 221 g/mol. The van der Waals surface area contributed by atoms with Crippen LogP contribution in [0.4, 0.5) is 0 Å². The van der Waals surface area contributed by atoms with Crippen molar-refractivity contribution >= 4 is 17.7 Å². The van der Waals surface area contributed by atoms with E-state index in [1.165, 1.54) is 7.11 Å². The third-order valence-electron chi connectivity index (χ3n) is 1.69. The Hall–Kier alpha value is -0.260. The summed E-state index contributed by atoms with van der Waals surface area (Å²) >= 11 is 1.79. The van der Waals surface area contributed by atoms with Crippen LogP contribution in [0.3, 0.4) is 0 Å². The number of rotatable bonds is 8. The minimum absolute atomic E-state index is 0.191. The molecule has 2 atom stereocenters. The zero-order valence-corrected chi connectivity index (χ0v) is 9.76. The molecule has 2 N–H and O–H groups in total. The van der Waals surface area contributed by atoms with Crippen LogP contribution in [0, 0.1) is 0 Å². The van der Waals surface area contributed by atoms with Crippen molar-refractivity contribution in [1.82, 2.24) is 5.32 Å². The van der Waals surface area contributed by atoms with Crippen molar-refractivity contribution in [2.75, 3.05) is 25.2 Å². The third-order valence-corrected chi connectivity index (χ3v) is 2.83. The van der Waals surface area contributed by atoms with E-state index in [-0.39, 0.29) is 12.6 Å². The van der Waals surface area contributed by atoms with Gasteiger partial charge < -0.3 is 9.84 Å². The molecular weight excluding hydrogens is 202 g/mol. The number of hydrogen-bond acceptors (Lipinski definition) is 4. The number of hydrogen-bond donors (Lipinski definition) is 2. The van der Waals surface area contributed by atoms with E-state index >= 15 is 0 Å². The van der Waals surface area contributed by atoms with Gasteiger partial charge in [-0.15, -0.1) is 0 Å². The number of carboxylic acids is 1. The van der Waals surface area contributed by atoms with Gasteiger partial charge in [-0.25, -0.2) is 0 Å². The molecule has 84 valence electrons. The summed E-state index contributed by atoms with van der Waals surface area (Å²) in [7, 11) is 1.50. The van der Waals surface area contributed by atoms with Gasteiger partial charge in [0.1, 0.15) is 6.04 Å². The minimum atomic E-state index is -0.861. The van der Waals surface area contributed by atoms with Crippen molar-refractivity contribution in [3.63, 3.8) is 0 Å². The van der Waals surface area contributed by atoms with Crippen molar-refractivity contribution in [3.8, 4) is 0 Å². The van der Waals surface area contributed by atoms with Crippen LogP contribution < -0.4 is 5.32 Å².